The van der Waals surface area contributed by atoms with Crippen molar-refractivity contribution >= 4 is 12.6 Å². The van der Waals surface area contributed by atoms with E-state index in [-0.39, 0.29) is 0 Å². The first-order chi connectivity index (χ1) is 5.36. The summed E-state index contributed by atoms with van der Waals surface area (Å²) in [6.07, 6.45) is 2.63. The SMILES string of the molecule is NCC1CCCN(CCS)C1. The van der Waals surface area contributed by atoms with Crippen LogP contribution in [0.1, 0.15) is 12.8 Å². The molecular formula is C8H18N2S. The zero-order valence-corrected chi connectivity index (χ0v) is 7.89. The Bertz CT molecular complexity index is 106. The van der Waals surface area contributed by atoms with Gasteiger partial charge in [0.2, 0.25) is 0 Å². The Morgan fingerprint density at radius 3 is 3.00 bits per heavy atom. The maximum Gasteiger partial charge on any atom is 0.00700 e. The summed E-state index contributed by atoms with van der Waals surface area (Å²) in [6, 6.07) is 0. The molecule has 11 heavy (non-hydrogen) atoms. The van der Waals surface area contributed by atoms with E-state index < -0.39 is 0 Å². The summed E-state index contributed by atoms with van der Waals surface area (Å²) in [7, 11) is 0. The summed E-state index contributed by atoms with van der Waals surface area (Å²) in [5.41, 5.74) is 5.62. The molecule has 0 saturated carbocycles. The standard InChI is InChI=1S/C8H18N2S/c9-6-8-2-1-3-10(7-8)4-5-11/h8,11H,1-7,9H2. The minimum Gasteiger partial charge on any atom is -0.330 e. The summed E-state index contributed by atoms with van der Waals surface area (Å²) < 4.78 is 0. The summed E-state index contributed by atoms with van der Waals surface area (Å²) in [5, 5.41) is 0. The van der Waals surface area contributed by atoms with Crippen LogP contribution >= 0.6 is 12.6 Å². The van der Waals surface area contributed by atoms with Gasteiger partial charge < -0.3 is 10.6 Å². The molecule has 0 aliphatic carbocycles. The largest absolute Gasteiger partial charge is 0.330 e. The molecule has 0 radical (unpaired) electrons. The molecule has 1 atom stereocenters. The van der Waals surface area contributed by atoms with Gasteiger partial charge in [-0.25, -0.2) is 0 Å². The number of rotatable bonds is 3. The Hall–Kier alpha value is 0.270. The quantitative estimate of drug-likeness (QED) is 0.613. The first-order valence-electron chi connectivity index (χ1n) is 4.40. The van der Waals surface area contributed by atoms with Crippen molar-refractivity contribution < 1.29 is 0 Å². The molecule has 1 aliphatic heterocycles. The number of nitrogens with zero attached hydrogens (tertiary/aromatic N) is 1. The normalized spacial score (nSPS) is 27.3. The van der Waals surface area contributed by atoms with Gasteiger partial charge in [-0.2, -0.15) is 12.6 Å². The summed E-state index contributed by atoms with van der Waals surface area (Å²) in [4.78, 5) is 2.47. The van der Waals surface area contributed by atoms with E-state index in [9.17, 15) is 0 Å². The van der Waals surface area contributed by atoms with Gasteiger partial charge in [0.25, 0.3) is 0 Å². The number of likely N-dealkylation sites (tertiary alicyclic amines) is 1. The lowest BCUT2D eigenvalue weighted by Crippen LogP contribution is -2.39. The van der Waals surface area contributed by atoms with Gasteiger partial charge in [-0.15, -0.1) is 0 Å². The predicted octanol–water partition coefficient (Wildman–Crippen LogP) is 0.587. The average molecular weight is 174 g/mol. The Labute approximate surface area is 74.5 Å². The molecule has 66 valence electrons. The molecule has 2 N–H and O–H groups in total. The maximum atomic E-state index is 5.62. The van der Waals surface area contributed by atoms with Crippen molar-refractivity contribution in [2.75, 3.05) is 31.9 Å². The highest BCUT2D eigenvalue weighted by Crippen LogP contribution is 2.14. The number of hydrogen-bond acceptors (Lipinski definition) is 3. The fraction of sp³-hybridized carbons (Fsp3) is 1.00. The van der Waals surface area contributed by atoms with E-state index >= 15 is 0 Å². The van der Waals surface area contributed by atoms with Crippen molar-refractivity contribution in [3.05, 3.63) is 0 Å². The molecule has 1 fully saturated rings. The molecule has 0 aromatic heterocycles. The minimum atomic E-state index is 0.739. The van der Waals surface area contributed by atoms with E-state index in [0.717, 1.165) is 24.8 Å². The van der Waals surface area contributed by atoms with Crippen LogP contribution in [-0.4, -0.2) is 36.8 Å². The Morgan fingerprint density at radius 2 is 2.36 bits per heavy atom. The third kappa shape index (κ3) is 3.01. The second-order valence-corrected chi connectivity index (χ2v) is 3.72. The average Bonchev–Trinajstić information content (AvgIpc) is 2.06. The third-order valence-corrected chi connectivity index (χ3v) is 2.55. The van der Waals surface area contributed by atoms with Crippen LogP contribution in [0.25, 0.3) is 0 Å². The van der Waals surface area contributed by atoms with E-state index in [2.05, 4.69) is 17.5 Å². The van der Waals surface area contributed by atoms with Crippen molar-refractivity contribution in [2.45, 2.75) is 12.8 Å². The van der Waals surface area contributed by atoms with E-state index in [0.29, 0.717) is 0 Å². The lowest BCUT2D eigenvalue weighted by molar-refractivity contribution is 0.188. The van der Waals surface area contributed by atoms with Crippen LogP contribution in [0.15, 0.2) is 0 Å². The van der Waals surface area contributed by atoms with Crippen molar-refractivity contribution in [1.29, 1.82) is 0 Å². The predicted molar refractivity (Wildman–Crippen MR) is 52.1 cm³/mol. The van der Waals surface area contributed by atoms with Gasteiger partial charge in [-0.05, 0) is 31.8 Å². The van der Waals surface area contributed by atoms with E-state index in [1.165, 1.54) is 25.9 Å². The highest BCUT2D eigenvalue weighted by Gasteiger charge is 2.17. The third-order valence-electron chi connectivity index (χ3n) is 2.35. The molecule has 2 nitrogen and oxygen atoms in total. The van der Waals surface area contributed by atoms with Crippen LogP contribution in [0.4, 0.5) is 0 Å². The van der Waals surface area contributed by atoms with Gasteiger partial charge in [0.15, 0.2) is 0 Å². The molecule has 1 unspecified atom stereocenters. The van der Waals surface area contributed by atoms with Crippen molar-refractivity contribution in [3.63, 3.8) is 0 Å². The van der Waals surface area contributed by atoms with E-state index in [4.69, 9.17) is 5.73 Å². The lowest BCUT2D eigenvalue weighted by atomic mass is 9.98. The smallest absolute Gasteiger partial charge is 0.00700 e. The van der Waals surface area contributed by atoms with Crippen molar-refractivity contribution in [3.8, 4) is 0 Å². The first kappa shape index (κ1) is 9.36. The van der Waals surface area contributed by atoms with Gasteiger partial charge in [0.1, 0.15) is 0 Å². The molecule has 0 aromatic carbocycles. The summed E-state index contributed by atoms with van der Waals surface area (Å²) >= 11 is 4.22. The molecule has 1 heterocycles. The van der Waals surface area contributed by atoms with E-state index in [1.807, 2.05) is 0 Å². The fourth-order valence-electron chi connectivity index (χ4n) is 1.69. The lowest BCUT2D eigenvalue weighted by Gasteiger charge is -2.31. The maximum absolute atomic E-state index is 5.62. The highest BCUT2D eigenvalue weighted by molar-refractivity contribution is 7.80. The van der Waals surface area contributed by atoms with Gasteiger partial charge in [-0.1, -0.05) is 0 Å². The van der Waals surface area contributed by atoms with Crippen LogP contribution in [-0.2, 0) is 0 Å². The molecule has 1 aliphatic rings. The summed E-state index contributed by atoms with van der Waals surface area (Å²) in [6.45, 7) is 4.41. The zero-order chi connectivity index (χ0) is 8.10. The highest BCUT2D eigenvalue weighted by atomic mass is 32.1. The second kappa shape index (κ2) is 5.01. The molecule has 3 heteroatoms. The Kier molecular flexibility index (Phi) is 4.26. The first-order valence-corrected chi connectivity index (χ1v) is 5.03. The van der Waals surface area contributed by atoms with Gasteiger partial charge in [0, 0.05) is 18.8 Å². The number of nitrogens with two attached hydrogens (primary N) is 1. The number of hydrogen-bond donors (Lipinski definition) is 2. The molecular weight excluding hydrogens is 156 g/mol. The molecule has 1 rings (SSSR count). The van der Waals surface area contributed by atoms with Crippen molar-refractivity contribution in [2.24, 2.45) is 11.7 Å². The number of piperidine rings is 1. The molecule has 0 bridgehead atoms. The van der Waals surface area contributed by atoms with Crippen LogP contribution in [0, 0.1) is 5.92 Å². The monoisotopic (exact) mass is 174 g/mol. The van der Waals surface area contributed by atoms with Gasteiger partial charge >= 0.3 is 0 Å². The van der Waals surface area contributed by atoms with Gasteiger partial charge in [0.05, 0.1) is 0 Å². The van der Waals surface area contributed by atoms with E-state index in [1.54, 1.807) is 0 Å². The molecule has 0 amide bonds. The van der Waals surface area contributed by atoms with Crippen LogP contribution < -0.4 is 5.73 Å². The Morgan fingerprint density at radius 1 is 1.55 bits per heavy atom. The van der Waals surface area contributed by atoms with Crippen LogP contribution in [0.2, 0.25) is 0 Å². The minimum absolute atomic E-state index is 0.739. The van der Waals surface area contributed by atoms with Gasteiger partial charge in [-0.3, -0.25) is 0 Å². The zero-order valence-electron chi connectivity index (χ0n) is 7.00. The van der Waals surface area contributed by atoms with Crippen LogP contribution in [0.5, 0.6) is 0 Å². The topological polar surface area (TPSA) is 29.3 Å². The number of thiol groups is 1. The second-order valence-electron chi connectivity index (χ2n) is 3.27. The Balaban J connectivity index is 2.21. The van der Waals surface area contributed by atoms with Crippen molar-refractivity contribution in [1.82, 2.24) is 4.90 Å². The van der Waals surface area contributed by atoms with Crippen LogP contribution in [0.3, 0.4) is 0 Å². The summed E-state index contributed by atoms with van der Waals surface area (Å²) in [5.74, 6) is 1.71. The molecule has 1 saturated heterocycles. The fourth-order valence-corrected chi connectivity index (χ4v) is 1.97. The molecule has 0 aromatic rings. The molecule has 0 spiro atoms.